The van der Waals surface area contributed by atoms with Crippen LogP contribution in [0.5, 0.6) is 0 Å². The lowest BCUT2D eigenvalue weighted by atomic mass is 10.1. The summed E-state index contributed by atoms with van der Waals surface area (Å²) in [5, 5.41) is 11.1. The first-order chi connectivity index (χ1) is 9.90. The predicted octanol–water partition coefficient (Wildman–Crippen LogP) is 2.41. The lowest BCUT2D eigenvalue weighted by molar-refractivity contribution is -0.384. The lowest BCUT2D eigenvalue weighted by Crippen LogP contribution is -2.42. The van der Waals surface area contributed by atoms with E-state index in [0.29, 0.717) is 6.54 Å². The quantitative estimate of drug-likeness (QED) is 0.621. The Morgan fingerprint density at radius 1 is 1.43 bits per heavy atom. The Labute approximate surface area is 128 Å². The number of carbonyl (C=O) groups is 1. The summed E-state index contributed by atoms with van der Waals surface area (Å²) in [4.78, 5) is 26.9. The van der Waals surface area contributed by atoms with Gasteiger partial charge in [-0.05, 0) is 33.0 Å². The Balaban J connectivity index is 2.30. The van der Waals surface area contributed by atoms with Gasteiger partial charge in [0, 0.05) is 31.3 Å². The van der Waals surface area contributed by atoms with E-state index in [1.165, 1.54) is 18.2 Å². The van der Waals surface area contributed by atoms with Crippen LogP contribution >= 0.6 is 11.6 Å². The molecule has 6 nitrogen and oxygen atoms in total. The second kappa shape index (κ2) is 6.41. The average Bonchev–Trinajstić information content (AvgIpc) is 2.58. The Hall–Kier alpha value is -1.66. The van der Waals surface area contributed by atoms with Crippen molar-refractivity contribution < 1.29 is 9.72 Å². The van der Waals surface area contributed by atoms with Crippen LogP contribution in [-0.2, 0) is 0 Å². The van der Waals surface area contributed by atoms with Gasteiger partial charge in [0.05, 0.1) is 15.5 Å². The molecule has 1 aliphatic rings. The molecule has 1 atom stereocenters. The van der Waals surface area contributed by atoms with Gasteiger partial charge < -0.3 is 9.80 Å². The number of nitro benzene ring substituents is 1. The molecule has 0 saturated carbocycles. The number of likely N-dealkylation sites (N-methyl/N-ethyl adjacent to an activating group) is 1. The SMILES string of the molecule is CC1CN(C)CCCN1C(=O)c1cc([N+](=O)[O-])ccc1Cl. The molecule has 0 bridgehead atoms. The third-order valence-corrected chi connectivity index (χ3v) is 4.03. The maximum Gasteiger partial charge on any atom is 0.270 e. The number of nitrogens with zero attached hydrogens (tertiary/aromatic N) is 3. The highest BCUT2D eigenvalue weighted by molar-refractivity contribution is 6.33. The third-order valence-electron chi connectivity index (χ3n) is 3.70. The lowest BCUT2D eigenvalue weighted by Gasteiger charge is -2.28. The summed E-state index contributed by atoms with van der Waals surface area (Å²) in [6.07, 6.45) is 0.874. The molecule has 1 unspecified atom stereocenters. The fourth-order valence-corrected chi connectivity index (χ4v) is 2.82. The number of non-ortho nitro benzene ring substituents is 1. The predicted molar refractivity (Wildman–Crippen MR) is 80.7 cm³/mol. The van der Waals surface area contributed by atoms with E-state index >= 15 is 0 Å². The third kappa shape index (κ3) is 3.51. The summed E-state index contributed by atoms with van der Waals surface area (Å²) in [5.41, 5.74) is 0.0737. The summed E-state index contributed by atoms with van der Waals surface area (Å²) in [5.74, 6) is -0.244. The van der Waals surface area contributed by atoms with Crippen LogP contribution in [0.1, 0.15) is 23.7 Å². The minimum atomic E-state index is -0.521. The molecular weight excluding hydrogens is 294 g/mol. The average molecular weight is 312 g/mol. The summed E-state index contributed by atoms with van der Waals surface area (Å²) in [6, 6.07) is 4.01. The normalized spacial score (nSPS) is 20.1. The number of nitro groups is 1. The van der Waals surface area contributed by atoms with Crippen molar-refractivity contribution in [2.45, 2.75) is 19.4 Å². The van der Waals surface area contributed by atoms with Gasteiger partial charge in [0.15, 0.2) is 0 Å². The van der Waals surface area contributed by atoms with Gasteiger partial charge in [0.25, 0.3) is 11.6 Å². The van der Waals surface area contributed by atoms with Crippen LogP contribution in [-0.4, -0.2) is 53.4 Å². The fourth-order valence-electron chi connectivity index (χ4n) is 2.62. The number of hydrogen-bond acceptors (Lipinski definition) is 4. The number of hydrogen-bond donors (Lipinski definition) is 0. The number of amides is 1. The van der Waals surface area contributed by atoms with Crippen molar-refractivity contribution in [3.63, 3.8) is 0 Å². The van der Waals surface area contributed by atoms with Gasteiger partial charge in [-0.1, -0.05) is 11.6 Å². The molecule has 0 radical (unpaired) electrons. The maximum absolute atomic E-state index is 12.7. The number of halogens is 1. The minimum Gasteiger partial charge on any atom is -0.335 e. The van der Waals surface area contributed by atoms with E-state index in [1.807, 2.05) is 14.0 Å². The molecule has 7 heteroatoms. The summed E-state index contributed by atoms with van der Waals surface area (Å²) >= 11 is 6.05. The molecule has 1 amide bonds. The highest BCUT2D eigenvalue weighted by atomic mass is 35.5. The van der Waals surface area contributed by atoms with Crippen LogP contribution in [0.3, 0.4) is 0 Å². The zero-order valence-electron chi connectivity index (χ0n) is 12.1. The zero-order chi connectivity index (χ0) is 15.6. The van der Waals surface area contributed by atoms with E-state index in [1.54, 1.807) is 4.90 Å². The topological polar surface area (TPSA) is 66.7 Å². The van der Waals surface area contributed by atoms with E-state index in [-0.39, 0.29) is 28.2 Å². The van der Waals surface area contributed by atoms with Gasteiger partial charge in [-0.15, -0.1) is 0 Å². The standard InChI is InChI=1S/C14H18ClN3O3/c1-10-9-16(2)6-3-7-17(10)14(19)12-8-11(18(20)21)4-5-13(12)15/h4-5,8,10H,3,6-7,9H2,1-2H3. The molecular formula is C14H18ClN3O3. The van der Waals surface area contributed by atoms with Crippen LogP contribution in [0.25, 0.3) is 0 Å². The number of carbonyl (C=O) groups excluding carboxylic acids is 1. The molecule has 1 aromatic carbocycles. The Morgan fingerprint density at radius 3 is 2.81 bits per heavy atom. The van der Waals surface area contributed by atoms with E-state index < -0.39 is 4.92 Å². The second-order valence-corrected chi connectivity index (χ2v) is 5.79. The molecule has 21 heavy (non-hydrogen) atoms. The first-order valence-electron chi connectivity index (χ1n) is 6.83. The Morgan fingerprint density at radius 2 is 2.14 bits per heavy atom. The summed E-state index contributed by atoms with van der Waals surface area (Å²) in [7, 11) is 2.02. The molecule has 1 saturated heterocycles. The Bertz CT molecular complexity index is 564. The van der Waals surface area contributed by atoms with E-state index in [4.69, 9.17) is 11.6 Å². The van der Waals surface area contributed by atoms with E-state index in [9.17, 15) is 14.9 Å². The second-order valence-electron chi connectivity index (χ2n) is 5.38. The maximum atomic E-state index is 12.7. The van der Waals surface area contributed by atoms with Gasteiger partial charge in [0.1, 0.15) is 0 Å². The van der Waals surface area contributed by atoms with Crippen molar-refractivity contribution in [3.05, 3.63) is 38.9 Å². The van der Waals surface area contributed by atoms with Gasteiger partial charge in [0.2, 0.25) is 0 Å². The number of benzene rings is 1. The van der Waals surface area contributed by atoms with Crippen LogP contribution < -0.4 is 0 Å². The first-order valence-corrected chi connectivity index (χ1v) is 7.21. The van der Waals surface area contributed by atoms with E-state index in [2.05, 4.69) is 4.90 Å². The Kier molecular flexibility index (Phi) is 4.80. The molecule has 0 spiro atoms. The van der Waals surface area contributed by atoms with Gasteiger partial charge in [-0.3, -0.25) is 14.9 Å². The largest absolute Gasteiger partial charge is 0.335 e. The summed E-state index contributed by atoms with van der Waals surface area (Å²) in [6.45, 7) is 4.31. The van der Waals surface area contributed by atoms with E-state index in [0.717, 1.165) is 19.5 Å². The molecule has 1 fully saturated rings. The molecule has 0 aromatic heterocycles. The van der Waals surface area contributed by atoms with Gasteiger partial charge in [-0.2, -0.15) is 0 Å². The molecule has 2 rings (SSSR count). The molecule has 1 heterocycles. The van der Waals surface area contributed by atoms with Crippen LogP contribution in [0.4, 0.5) is 5.69 Å². The van der Waals surface area contributed by atoms with Crippen molar-refractivity contribution in [1.29, 1.82) is 0 Å². The molecule has 0 aliphatic carbocycles. The van der Waals surface area contributed by atoms with Crippen molar-refractivity contribution in [1.82, 2.24) is 9.80 Å². The van der Waals surface area contributed by atoms with Crippen molar-refractivity contribution >= 4 is 23.2 Å². The van der Waals surface area contributed by atoms with Gasteiger partial charge >= 0.3 is 0 Å². The van der Waals surface area contributed by atoms with Crippen molar-refractivity contribution in [2.24, 2.45) is 0 Å². The van der Waals surface area contributed by atoms with Crippen molar-refractivity contribution in [2.75, 3.05) is 26.7 Å². The smallest absolute Gasteiger partial charge is 0.270 e. The number of rotatable bonds is 2. The fraction of sp³-hybridized carbons (Fsp3) is 0.500. The van der Waals surface area contributed by atoms with Crippen LogP contribution in [0.15, 0.2) is 18.2 Å². The molecule has 1 aromatic rings. The minimum absolute atomic E-state index is 0.0420. The van der Waals surface area contributed by atoms with Crippen molar-refractivity contribution in [3.8, 4) is 0 Å². The zero-order valence-corrected chi connectivity index (χ0v) is 12.8. The summed E-state index contributed by atoms with van der Waals surface area (Å²) < 4.78 is 0. The first kappa shape index (κ1) is 15.7. The van der Waals surface area contributed by atoms with Crippen LogP contribution in [0, 0.1) is 10.1 Å². The molecule has 0 N–H and O–H groups in total. The molecule has 1 aliphatic heterocycles. The van der Waals surface area contributed by atoms with Gasteiger partial charge in [-0.25, -0.2) is 0 Å². The highest BCUT2D eigenvalue weighted by Gasteiger charge is 2.27. The molecule has 114 valence electrons. The monoisotopic (exact) mass is 311 g/mol. The highest BCUT2D eigenvalue weighted by Crippen LogP contribution is 2.24. The van der Waals surface area contributed by atoms with Crippen LogP contribution in [0.2, 0.25) is 5.02 Å².